The van der Waals surface area contributed by atoms with Gasteiger partial charge < -0.3 is 15.1 Å². The summed E-state index contributed by atoms with van der Waals surface area (Å²) in [6, 6.07) is 3.16. The monoisotopic (exact) mass is 413 g/mol. The van der Waals surface area contributed by atoms with Gasteiger partial charge in [0, 0.05) is 56.7 Å². The zero-order chi connectivity index (χ0) is 20.8. The normalized spacial score (nSPS) is 20.6. The molecular weight excluding hydrogens is 388 g/mol. The highest BCUT2D eigenvalue weighted by molar-refractivity contribution is 5.81. The van der Waals surface area contributed by atoms with E-state index < -0.39 is 6.43 Å². The molecule has 0 spiro atoms. The van der Waals surface area contributed by atoms with Crippen molar-refractivity contribution < 1.29 is 13.6 Å². The molecule has 1 atom stereocenters. The quantitative estimate of drug-likeness (QED) is 0.839. The first kappa shape index (κ1) is 19.4. The lowest BCUT2D eigenvalue weighted by atomic mass is 9.97. The highest BCUT2D eigenvalue weighted by atomic mass is 19.3. The molecule has 30 heavy (non-hydrogen) atoms. The summed E-state index contributed by atoms with van der Waals surface area (Å²) in [4.78, 5) is 25.8. The molecule has 0 saturated carbocycles. The van der Waals surface area contributed by atoms with Crippen molar-refractivity contribution in [1.82, 2.24) is 20.2 Å². The molecule has 1 saturated heterocycles. The number of rotatable bonds is 3. The number of hydrogen-bond donors (Lipinski definition) is 1. The minimum atomic E-state index is -2.59. The van der Waals surface area contributed by atoms with Gasteiger partial charge in [0.2, 0.25) is 5.91 Å². The Balaban J connectivity index is 1.29. The second-order valence-electron chi connectivity index (χ2n) is 8.38. The number of nitrogens with zero attached hydrogens (tertiary/aromatic N) is 4. The maximum atomic E-state index is 13.2. The Labute approximate surface area is 174 Å². The molecule has 0 aromatic carbocycles. The average Bonchev–Trinajstić information content (AvgIpc) is 3.41. The molecule has 0 unspecified atom stereocenters. The smallest absolute Gasteiger partial charge is 0.280 e. The van der Waals surface area contributed by atoms with E-state index in [4.69, 9.17) is 4.98 Å². The van der Waals surface area contributed by atoms with Crippen molar-refractivity contribution in [3.63, 3.8) is 0 Å². The van der Waals surface area contributed by atoms with Crippen molar-refractivity contribution in [3.8, 4) is 0 Å². The fraction of sp³-hybridized carbons (Fsp3) is 0.500. The zero-order valence-corrected chi connectivity index (χ0v) is 17.0. The Morgan fingerprint density at radius 2 is 2.13 bits per heavy atom. The molecule has 5 rings (SSSR count). The molecule has 8 heteroatoms. The van der Waals surface area contributed by atoms with Crippen LogP contribution in [0.5, 0.6) is 0 Å². The van der Waals surface area contributed by atoms with Crippen LogP contribution in [0.15, 0.2) is 18.3 Å². The van der Waals surface area contributed by atoms with Crippen LogP contribution >= 0.6 is 0 Å². The van der Waals surface area contributed by atoms with Crippen LogP contribution in [0.3, 0.4) is 0 Å². The number of nitrogens with one attached hydrogen (secondary N) is 1. The number of carbonyl (C=O) groups is 1. The Bertz CT molecular complexity index is 996. The molecule has 0 aliphatic carbocycles. The summed E-state index contributed by atoms with van der Waals surface area (Å²) >= 11 is 0. The summed E-state index contributed by atoms with van der Waals surface area (Å²) < 4.78 is 25.9. The van der Waals surface area contributed by atoms with Crippen molar-refractivity contribution in [2.45, 2.75) is 45.8 Å². The standard InChI is InChI=1S/C22H25F2N5O/c1-13-16-9-25-5-3-18(16)27-20-12-29(11-17(13)20)22(30)14-4-7-28(10-14)15-2-6-26-19(8-15)21(23)24/h2,6,8,14,21,25H,3-5,7,9-12H2,1H3/t14-/m1/s1. The van der Waals surface area contributed by atoms with Crippen LogP contribution in [-0.4, -0.2) is 40.4 Å². The lowest BCUT2D eigenvalue weighted by Gasteiger charge is -2.22. The van der Waals surface area contributed by atoms with Crippen molar-refractivity contribution in [1.29, 1.82) is 0 Å². The van der Waals surface area contributed by atoms with E-state index in [0.717, 1.165) is 31.6 Å². The third kappa shape index (κ3) is 3.33. The van der Waals surface area contributed by atoms with Gasteiger partial charge in [-0.2, -0.15) is 0 Å². The largest absolute Gasteiger partial charge is 0.371 e. The van der Waals surface area contributed by atoms with Gasteiger partial charge in [0.05, 0.1) is 18.2 Å². The van der Waals surface area contributed by atoms with Crippen molar-refractivity contribution in [2.75, 3.05) is 24.5 Å². The van der Waals surface area contributed by atoms with Gasteiger partial charge in [-0.05, 0) is 42.2 Å². The van der Waals surface area contributed by atoms with E-state index in [9.17, 15) is 13.6 Å². The minimum absolute atomic E-state index is 0.126. The third-order valence-electron chi connectivity index (χ3n) is 6.60. The van der Waals surface area contributed by atoms with Gasteiger partial charge >= 0.3 is 0 Å². The van der Waals surface area contributed by atoms with Crippen molar-refractivity contribution >= 4 is 11.6 Å². The Morgan fingerprint density at radius 1 is 1.27 bits per heavy atom. The molecule has 5 heterocycles. The minimum Gasteiger partial charge on any atom is -0.371 e. The van der Waals surface area contributed by atoms with E-state index in [2.05, 4.69) is 17.2 Å². The predicted molar refractivity (Wildman–Crippen MR) is 108 cm³/mol. The summed E-state index contributed by atoms with van der Waals surface area (Å²) in [6.45, 7) is 6.34. The highest BCUT2D eigenvalue weighted by Gasteiger charge is 2.36. The van der Waals surface area contributed by atoms with Gasteiger partial charge in [-0.25, -0.2) is 8.78 Å². The van der Waals surface area contributed by atoms with E-state index >= 15 is 0 Å². The lowest BCUT2D eigenvalue weighted by molar-refractivity contribution is -0.135. The van der Waals surface area contributed by atoms with E-state index in [-0.39, 0.29) is 17.5 Å². The zero-order valence-electron chi connectivity index (χ0n) is 17.0. The number of aromatic nitrogens is 2. The Kier molecular flexibility index (Phi) is 4.89. The lowest BCUT2D eigenvalue weighted by Crippen LogP contribution is -2.34. The van der Waals surface area contributed by atoms with Crippen LogP contribution in [0.1, 0.15) is 46.6 Å². The molecule has 3 aliphatic rings. The van der Waals surface area contributed by atoms with E-state index in [0.29, 0.717) is 31.9 Å². The fourth-order valence-electron chi connectivity index (χ4n) is 4.91. The molecule has 3 aliphatic heterocycles. The molecule has 1 amide bonds. The SMILES string of the molecule is Cc1c2c(nc3c1CN(C(=O)[C@@H]1CCN(c4ccnc(C(F)F)c4)C1)C3)CCNC2. The number of fused-ring (bicyclic) bond motifs is 2. The van der Waals surface area contributed by atoms with Gasteiger partial charge in [0.1, 0.15) is 5.69 Å². The molecule has 1 fully saturated rings. The number of anilines is 1. The molecular formula is C22H25F2N5O. The molecule has 6 nitrogen and oxygen atoms in total. The van der Waals surface area contributed by atoms with Crippen LogP contribution in [0, 0.1) is 12.8 Å². The van der Waals surface area contributed by atoms with Crippen LogP contribution in [-0.2, 0) is 30.8 Å². The average molecular weight is 413 g/mol. The van der Waals surface area contributed by atoms with E-state index in [1.807, 2.05) is 9.80 Å². The number of hydrogen-bond acceptors (Lipinski definition) is 5. The number of pyridine rings is 2. The maximum absolute atomic E-state index is 13.2. The van der Waals surface area contributed by atoms with Crippen molar-refractivity contribution in [3.05, 3.63) is 52.1 Å². The summed E-state index contributed by atoms with van der Waals surface area (Å²) in [5.41, 5.74) is 6.42. The van der Waals surface area contributed by atoms with Crippen LogP contribution in [0.25, 0.3) is 0 Å². The van der Waals surface area contributed by atoms with Crippen LogP contribution < -0.4 is 10.2 Å². The van der Waals surface area contributed by atoms with E-state index in [1.54, 1.807) is 6.07 Å². The second-order valence-corrected chi connectivity index (χ2v) is 8.38. The predicted octanol–water partition coefficient (Wildman–Crippen LogP) is 2.74. The Morgan fingerprint density at radius 3 is 2.97 bits per heavy atom. The van der Waals surface area contributed by atoms with Gasteiger partial charge in [-0.1, -0.05) is 0 Å². The highest BCUT2D eigenvalue weighted by Crippen LogP contribution is 2.33. The van der Waals surface area contributed by atoms with Gasteiger partial charge in [0.25, 0.3) is 6.43 Å². The first-order chi connectivity index (χ1) is 14.5. The fourth-order valence-corrected chi connectivity index (χ4v) is 4.91. The topological polar surface area (TPSA) is 61.4 Å². The summed E-state index contributed by atoms with van der Waals surface area (Å²) in [6.07, 6.45) is 0.477. The van der Waals surface area contributed by atoms with Crippen LogP contribution in [0.4, 0.5) is 14.5 Å². The number of amides is 1. The molecule has 0 bridgehead atoms. The molecule has 1 N–H and O–H groups in total. The van der Waals surface area contributed by atoms with E-state index in [1.165, 1.54) is 34.6 Å². The van der Waals surface area contributed by atoms with Gasteiger partial charge in [-0.3, -0.25) is 14.8 Å². The van der Waals surface area contributed by atoms with Gasteiger partial charge in [-0.15, -0.1) is 0 Å². The summed E-state index contributed by atoms with van der Waals surface area (Å²) in [5, 5.41) is 3.41. The third-order valence-corrected chi connectivity index (χ3v) is 6.60. The number of alkyl halides is 2. The number of carbonyl (C=O) groups excluding carboxylic acids is 1. The molecule has 2 aromatic rings. The first-order valence-corrected chi connectivity index (χ1v) is 10.5. The maximum Gasteiger partial charge on any atom is 0.280 e. The molecule has 158 valence electrons. The van der Waals surface area contributed by atoms with Crippen LogP contribution in [0.2, 0.25) is 0 Å². The number of halogens is 2. The summed E-state index contributed by atoms with van der Waals surface area (Å²) in [5.74, 6) is 0.00760. The second kappa shape index (κ2) is 7.58. The first-order valence-electron chi connectivity index (χ1n) is 10.5. The summed E-state index contributed by atoms with van der Waals surface area (Å²) in [7, 11) is 0. The molecule has 0 radical (unpaired) electrons. The van der Waals surface area contributed by atoms with Crippen molar-refractivity contribution in [2.24, 2.45) is 5.92 Å². The Hall–Kier alpha value is -2.61. The molecule has 2 aromatic heterocycles. The van der Waals surface area contributed by atoms with Gasteiger partial charge in [0.15, 0.2) is 0 Å².